The Bertz CT molecular complexity index is 1180. The lowest BCUT2D eigenvalue weighted by atomic mass is 9.69. The van der Waals surface area contributed by atoms with E-state index in [4.69, 9.17) is 0 Å². The largest absolute Gasteiger partial charge is 0.294 e. The summed E-state index contributed by atoms with van der Waals surface area (Å²) in [6, 6.07) is 20.6. The topological polar surface area (TPSA) is 34.1 Å². The van der Waals surface area contributed by atoms with Crippen molar-refractivity contribution in [3.05, 3.63) is 95.1 Å². The van der Waals surface area contributed by atoms with Crippen LogP contribution in [0.15, 0.2) is 72.8 Å². The normalized spacial score (nSPS) is 30.1. The number of hydrogen-bond acceptors (Lipinski definition) is 2. The molecule has 1 spiro atoms. The van der Waals surface area contributed by atoms with Crippen molar-refractivity contribution in [2.45, 2.75) is 12.8 Å². The molecule has 4 aliphatic carbocycles. The Labute approximate surface area is 169 Å². The van der Waals surface area contributed by atoms with Gasteiger partial charge in [-0.05, 0) is 64.1 Å². The molecule has 0 radical (unpaired) electrons. The van der Waals surface area contributed by atoms with Gasteiger partial charge >= 0.3 is 0 Å². The van der Waals surface area contributed by atoms with Crippen LogP contribution in [0.2, 0.25) is 0 Å². The van der Waals surface area contributed by atoms with Crippen LogP contribution in [0.3, 0.4) is 0 Å². The number of hydrogen-bond donors (Lipinski definition) is 0. The first-order valence-corrected chi connectivity index (χ1v) is 10.5. The van der Waals surface area contributed by atoms with Gasteiger partial charge in [0.05, 0.1) is 0 Å². The average Bonchev–Trinajstić information content (AvgIpc) is 3.39. The first-order valence-electron chi connectivity index (χ1n) is 10.5. The summed E-state index contributed by atoms with van der Waals surface area (Å²) in [6.45, 7) is 0. The Morgan fingerprint density at radius 3 is 1.59 bits per heavy atom. The van der Waals surface area contributed by atoms with Gasteiger partial charge in [-0.15, -0.1) is 0 Å². The van der Waals surface area contributed by atoms with E-state index in [1.807, 2.05) is 36.4 Å². The quantitative estimate of drug-likeness (QED) is 0.515. The molecule has 4 atom stereocenters. The van der Waals surface area contributed by atoms with Gasteiger partial charge in [-0.3, -0.25) is 9.59 Å². The van der Waals surface area contributed by atoms with Gasteiger partial charge in [0.2, 0.25) is 0 Å². The summed E-state index contributed by atoms with van der Waals surface area (Å²) in [4.78, 5) is 27.4. The number of ketones is 2. The first-order chi connectivity index (χ1) is 14.2. The SMILES string of the molecule is O=C1c2cc3ccccc3cc2C(=O)C2C1C1C=CC2C12Cc1ccccc1C2. The van der Waals surface area contributed by atoms with Gasteiger partial charge in [-0.2, -0.15) is 0 Å². The third-order valence-corrected chi connectivity index (χ3v) is 8.19. The summed E-state index contributed by atoms with van der Waals surface area (Å²) in [6.07, 6.45) is 6.48. The van der Waals surface area contributed by atoms with Crippen LogP contribution in [0, 0.1) is 29.1 Å². The van der Waals surface area contributed by atoms with E-state index in [1.54, 1.807) is 0 Å². The zero-order valence-corrected chi connectivity index (χ0v) is 16.0. The second-order valence-corrected chi connectivity index (χ2v) is 9.32. The van der Waals surface area contributed by atoms with Crippen LogP contribution in [-0.4, -0.2) is 11.6 Å². The van der Waals surface area contributed by atoms with Crippen molar-refractivity contribution in [3.8, 4) is 0 Å². The molecule has 2 bridgehead atoms. The van der Waals surface area contributed by atoms with Crippen LogP contribution in [0.1, 0.15) is 31.8 Å². The summed E-state index contributed by atoms with van der Waals surface area (Å²) >= 11 is 0. The van der Waals surface area contributed by atoms with Crippen molar-refractivity contribution in [3.63, 3.8) is 0 Å². The number of benzene rings is 3. The van der Waals surface area contributed by atoms with E-state index in [0.717, 1.165) is 23.6 Å². The molecule has 140 valence electrons. The summed E-state index contributed by atoms with van der Waals surface area (Å²) in [5.74, 6) is 0.313. The summed E-state index contributed by atoms with van der Waals surface area (Å²) in [7, 11) is 0. The molecule has 0 saturated heterocycles. The van der Waals surface area contributed by atoms with Crippen molar-refractivity contribution >= 4 is 22.3 Å². The molecule has 4 unspecified atom stereocenters. The van der Waals surface area contributed by atoms with Gasteiger partial charge in [0.25, 0.3) is 0 Å². The van der Waals surface area contributed by atoms with Crippen LogP contribution >= 0.6 is 0 Å². The third kappa shape index (κ3) is 1.79. The maximum Gasteiger partial charge on any atom is 0.168 e. The minimum Gasteiger partial charge on any atom is -0.294 e. The highest BCUT2D eigenvalue weighted by Gasteiger charge is 2.67. The second kappa shape index (κ2) is 5.13. The highest BCUT2D eigenvalue weighted by molar-refractivity contribution is 6.19. The molecule has 3 aromatic rings. The molecule has 7 rings (SSSR count). The highest BCUT2D eigenvalue weighted by Crippen LogP contribution is 2.66. The van der Waals surface area contributed by atoms with Crippen molar-refractivity contribution in [1.82, 2.24) is 0 Å². The standard InChI is InChI=1S/C27H20O2/c28-25-19-11-15-5-1-2-6-16(15)12-20(19)26(29)24-22-10-9-21(23(24)25)27(22)13-17-7-3-4-8-18(17)14-27/h1-12,21-24H,13-14H2. The maximum atomic E-state index is 13.7. The summed E-state index contributed by atoms with van der Waals surface area (Å²) < 4.78 is 0. The number of allylic oxidation sites excluding steroid dienone is 2. The molecule has 0 amide bonds. The fourth-order valence-electron chi connectivity index (χ4n) is 7.05. The predicted molar refractivity (Wildman–Crippen MR) is 112 cm³/mol. The number of fused-ring (bicyclic) bond motifs is 6. The Kier molecular flexibility index (Phi) is 2.81. The second-order valence-electron chi connectivity index (χ2n) is 9.32. The number of rotatable bonds is 0. The molecular weight excluding hydrogens is 356 g/mol. The monoisotopic (exact) mass is 376 g/mol. The molecule has 4 aliphatic rings. The molecule has 1 fully saturated rings. The van der Waals surface area contributed by atoms with E-state index < -0.39 is 0 Å². The maximum absolute atomic E-state index is 13.7. The van der Waals surface area contributed by atoms with E-state index in [-0.39, 0.29) is 40.7 Å². The molecule has 2 nitrogen and oxygen atoms in total. The van der Waals surface area contributed by atoms with Gasteiger partial charge in [0.15, 0.2) is 11.6 Å². The van der Waals surface area contributed by atoms with Gasteiger partial charge in [0, 0.05) is 23.0 Å². The average molecular weight is 376 g/mol. The fourth-order valence-corrected chi connectivity index (χ4v) is 7.05. The smallest absolute Gasteiger partial charge is 0.168 e. The predicted octanol–water partition coefficient (Wildman–Crippen LogP) is 5.05. The molecule has 0 heterocycles. The van der Waals surface area contributed by atoms with Gasteiger partial charge in [0.1, 0.15) is 0 Å². The van der Waals surface area contributed by atoms with E-state index in [9.17, 15) is 9.59 Å². The van der Waals surface area contributed by atoms with Crippen molar-refractivity contribution in [2.24, 2.45) is 29.1 Å². The van der Waals surface area contributed by atoms with Crippen LogP contribution in [0.5, 0.6) is 0 Å². The minimum absolute atomic E-state index is 0.00576. The Balaban J connectivity index is 1.40. The van der Waals surface area contributed by atoms with Crippen molar-refractivity contribution < 1.29 is 9.59 Å². The van der Waals surface area contributed by atoms with E-state index in [2.05, 4.69) is 36.4 Å². The molecule has 1 saturated carbocycles. The number of carbonyl (C=O) groups is 2. The van der Waals surface area contributed by atoms with Crippen LogP contribution in [0.25, 0.3) is 10.8 Å². The van der Waals surface area contributed by atoms with Gasteiger partial charge < -0.3 is 0 Å². The van der Waals surface area contributed by atoms with Crippen LogP contribution < -0.4 is 0 Å². The lowest BCUT2D eigenvalue weighted by Gasteiger charge is -2.31. The van der Waals surface area contributed by atoms with Crippen molar-refractivity contribution in [2.75, 3.05) is 0 Å². The lowest BCUT2D eigenvalue weighted by Crippen LogP contribution is -2.38. The Morgan fingerprint density at radius 2 is 1.10 bits per heavy atom. The van der Waals surface area contributed by atoms with Gasteiger partial charge in [-0.25, -0.2) is 0 Å². The molecule has 29 heavy (non-hydrogen) atoms. The summed E-state index contributed by atoms with van der Waals surface area (Å²) in [5, 5.41) is 2.07. The molecule has 3 aromatic carbocycles. The molecule has 0 N–H and O–H groups in total. The number of carbonyl (C=O) groups excluding carboxylic acids is 2. The first kappa shape index (κ1) is 15.9. The fraction of sp³-hybridized carbons (Fsp3) is 0.259. The molecule has 2 heteroatoms. The van der Waals surface area contributed by atoms with Crippen LogP contribution in [0.4, 0.5) is 0 Å². The zero-order chi connectivity index (χ0) is 19.3. The summed E-state index contributed by atoms with van der Waals surface area (Å²) in [5.41, 5.74) is 4.08. The van der Waals surface area contributed by atoms with E-state index >= 15 is 0 Å². The molecule has 0 aromatic heterocycles. The van der Waals surface area contributed by atoms with Crippen LogP contribution in [-0.2, 0) is 12.8 Å². The van der Waals surface area contributed by atoms with E-state index in [0.29, 0.717) is 11.1 Å². The minimum atomic E-state index is -0.194. The Hall–Kier alpha value is -3.00. The lowest BCUT2D eigenvalue weighted by molar-refractivity contribution is 0.0721. The zero-order valence-electron chi connectivity index (χ0n) is 16.0. The number of Topliss-reactive ketones (excluding diaryl/α,β-unsaturated/α-hetero) is 2. The van der Waals surface area contributed by atoms with Gasteiger partial charge in [-0.1, -0.05) is 60.7 Å². The Morgan fingerprint density at radius 1 is 0.655 bits per heavy atom. The molecular formula is C27H20O2. The third-order valence-electron chi connectivity index (χ3n) is 8.19. The van der Waals surface area contributed by atoms with Crippen molar-refractivity contribution in [1.29, 1.82) is 0 Å². The van der Waals surface area contributed by atoms with E-state index in [1.165, 1.54) is 11.1 Å². The molecule has 0 aliphatic heterocycles. The highest BCUT2D eigenvalue weighted by atomic mass is 16.1.